The van der Waals surface area contributed by atoms with E-state index >= 15 is 0 Å². The van der Waals surface area contributed by atoms with E-state index in [2.05, 4.69) is 10.3 Å². The second kappa shape index (κ2) is 14.1. The van der Waals surface area contributed by atoms with Gasteiger partial charge >= 0.3 is 12.1 Å². The second-order valence-electron chi connectivity index (χ2n) is 10.6. The van der Waals surface area contributed by atoms with E-state index in [-0.39, 0.29) is 19.3 Å². The van der Waals surface area contributed by atoms with Gasteiger partial charge in [-0.2, -0.15) is 0 Å². The molecule has 0 unspecified atom stereocenters. The van der Waals surface area contributed by atoms with Crippen LogP contribution in [0.3, 0.4) is 0 Å². The van der Waals surface area contributed by atoms with Crippen molar-refractivity contribution in [3.05, 3.63) is 65.5 Å². The molecule has 0 bridgehead atoms. The first-order valence-electron chi connectivity index (χ1n) is 14.3. The zero-order valence-corrected chi connectivity index (χ0v) is 24.4. The number of hydrogen-bond donors (Lipinski definition) is 1. The van der Waals surface area contributed by atoms with Crippen molar-refractivity contribution in [1.82, 2.24) is 10.3 Å². The van der Waals surface area contributed by atoms with Gasteiger partial charge in [0.05, 0.1) is 18.9 Å². The zero-order valence-electron chi connectivity index (χ0n) is 24.4. The third-order valence-electron chi connectivity index (χ3n) is 6.97. The van der Waals surface area contributed by atoms with Crippen LogP contribution in [0.15, 0.2) is 52.9 Å². The fourth-order valence-electron chi connectivity index (χ4n) is 4.71. The molecule has 1 aliphatic rings. The van der Waals surface area contributed by atoms with Gasteiger partial charge in [-0.05, 0) is 70.9 Å². The molecule has 0 aliphatic heterocycles. The Morgan fingerprint density at radius 1 is 1.05 bits per heavy atom. The molecule has 0 saturated heterocycles. The summed E-state index contributed by atoms with van der Waals surface area (Å²) >= 11 is 0. The highest BCUT2D eigenvalue weighted by Gasteiger charge is 2.32. The number of nitrogens with zero attached hydrogens (tertiary/aromatic N) is 1. The van der Waals surface area contributed by atoms with Gasteiger partial charge in [-0.15, -0.1) is 0 Å². The maximum Gasteiger partial charge on any atom is 0.407 e. The molecule has 4 rings (SSSR count). The normalized spacial score (nSPS) is 13.9. The highest BCUT2D eigenvalue weighted by molar-refractivity contribution is 5.79. The Morgan fingerprint density at radius 3 is 2.54 bits per heavy atom. The summed E-state index contributed by atoms with van der Waals surface area (Å²) in [6, 6.07) is 15.1. The standard InChI is InChI=1S/C32H40N2O7/c1-5-37-30(35)32(3,4)41-28-17-16-26(20-24(28)21-39-31(36)33-25-14-10-7-11-15-25)38-19-18-27-22(2)40-29(34-27)23-12-8-6-9-13-23/h6,8-9,12-13,16-17,20,25H,5,7,10-11,14-15,18-19,21H2,1-4H3,(H,33,36). The highest BCUT2D eigenvalue weighted by atomic mass is 16.6. The van der Waals surface area contributed by atoms with Gasteiger partial charge in [0.1, 0.15) is 23.9 Å². The molecule has 1 fully saturated rings. The largest absolute Gasteiger partial charge is 0.493 e. The zero-order chi connectivity index (χ0) is 29.2. The highest BCUT2D eigenvalue weighted by Crippen LogP contribution is 2.30. The van der Waals surface area contributed by atoms with Crippen molar-refractivity contribution >= 4 is 12.1 Å². The fourth-order valence-corrected chi connectivity index (χ4v) is 4.71. The number of nitrogens with one attached hydrogen (secondary N) is 1. The van der Waals surface area contributed by atoms with Crippen LogP contribution in [-0.4, -0.2) is 41.9 Å². The Morgan fingerprint density at radius 2 is 1.80 bits per heavy atom. The van der Waals surface area contributed by atoms with E-state index in [0.29, 0.717) is 36.0 Å². The minimum absolute atomic E-state index is 0.0488. The topological polar surface area (TPSA) is 109 Å². The molecule has 1 aromatic heterocycles. The van der Waals surface area contributed by atoms with Crippen molar-refractivity contribution in [2.24, 2.45) is 0 Å². The van der Waals surface area contributed by atoms with Crippen molar-refractivity contribution in [1.29, 1.82) is 0 Å². The molecule has 0 spiro atoms. The van der Waals surface area contributed by atoms with E-state index in [1.165, 1.54) is 6.42 Å². The summed E-state index contributed by atoms with van der Waals surface area (Å²) in [6.45, 7) is 7.46. The molecule has 1 heterocycles. The maximum atomic E-state index is 12.5. The van der Waals surface area contributed by atoms with Crippen LogP contribution in [0.2, 0.25) is 0 Å². The number of carbonyl (C=O) groups excluding carboxylic acids is 2. The van der Waals surface area contributed by atoms with Gasteiger partial charge in [-0.1, -0.05) is 37.5 Å². The first kappa shape index (κ1) is 30.0. The lowest BCUT2D eigenvalue weighted by molar-refractivity contribution is -0.158. The average Bonchev–Trinajstić information content (AvgIpc) is 3.34. The van der Waals surface area contributed by atoms with E-state index in [1.807, 2.05) is 37.3 Å². The summed E-state index contributed by atoms with van der Waals surface area (Å²) < 4.78 is 28.7. The lowest BCUT2D eigenvalue weighted by Gasteiger charge is -2.26. The number of benzene rings is 2. The van der Waals surface area contributed by atoms with E-state index in [1.54, 1.807) is 39.0 Å². The molecule has 3 aromatic rings. The Hall–Kier alpha value is -4.01. The predicted octanol–water partition coefficient (Wildman–Crippen LogP) is 6.55. The van der Waals surface area contributed by atoms with Gasteiger partial charge in [-0.3, -0.25) is 0 Å². The van der Waals surface area contributed by atoms with Crippen LogP contribution in [0.1, 0.15) is 69.9 Å². The second-order valence-corrected chi connectivity index (χ2v) is 10.6. The van der Waals surface area contributed by atoms with E-state index in [0.717, 1.165) is 42.7 Å². The summed E-state index contributed by atoms with van der Waals surface area (Å²) in [5, 5.41) is 2.95. The number of esters is 1. The van der Waals surface area contributed by atoms with Crippen LogP contribution in [0.4, 0.5) is 4.79 Å². The van der Waals surface area contributed by atoms with Gasteiger partial charge in [0.2, 0.25) is 5.89 Å². The van der Waals surface area contributed by atoms with E-state index in [9.17, 15) is 9.59 Å². The van der Waals surface area contributed by atoms with Crippen molar-refractivity contribution in [2.45, 2.75) is 84.5 Å². The summed E-state index contributed by atoms with van der Waals surface area (Å²) in [7, 11) is 0. The number of ether oxygens (including phenoxy) is 4. The number of amides is 1. The van der Waals surface area contributed by atoms with Crippen LogP contribution < -0.4 is 14.8 Å². The molecule has 41 heavy (non-hydrogen) atoms. The third-order valence-corrected chi connectivity index (χ3v) is 6.97. The molecule has 1 saturated carbocycles. The SMILES string of the molecule is CCOC(=O)C(C)(C)Oc1ccc(OCCc2nc(-c3ccccc3)oc2C)cc1COC(=O)NC1CCCCC1. The Balaban J connectivity index is 1.42. The van der Waals surface area contributed by atoms with Crippen molar-refractivity contribution < 1.29 is 33.0 Å². The number of hydrogen-bond acceptors (Lipinski definition) is 8. The summed E-state index contributed by atoms with van der Waals surface area (Å²) in [5.41, 5.74) is 1.07. The molecule has 220 valence electrons. The maximum absolute atomic E-state index is 12.5. The molecule has 1 amide bonds. The molecule has 0 atom stereocenters. The number of oxazole rings is 1. The monoisotopic (exact) mass is 564 g/mol. The first-order chi connectivity index (χ1) is 19.7. The molecule has 9 nitrogen and oxygen atoms in total. The minimum atomic E-state index is -1.24. The fraction of sp³-hybridized carbons (Fsp3) is 0.469. The Kier molecular flexibility index (Phi) is 10.3. The van der Waals surface area contributed by atoms with Crippen LogP contribution in [0.5, 0.6) is 11.5 Å². The molecular weight excluding hydrogens is 524 g/mol. The van der Waals surface area contributed by atoms with Gasteiger partial charge in [0.25, 0.3) is 0 Å². The third kappa shape index (κ3) is 8.49. The smallest absolute Gasteiger partial charge is 0.407 e. The predicted molar refractivity (Wildman–Crippen MR) is 154 cm³/mol. The van der Waals surface area contributed by atoms with Crippen molar-refractivity contribution in [3.63, 3.8) is 0 Å². The van der Waals surface area contributed by atoms with Crippen LogP contribution >= 0.6 is 0 Å². The molecule has 1 N–H and O–H groups in total. The molecule has 1 aliphatic carbocycles. The van der Waals surface area contributed by atoms with Crippen LogP contribution in [-0.2, 0) is 27.3 Å². The summed E-state index contributed by atoms with van der Waals surface area (Å²) in [5.74, 6) is 1.81. The van der Waals surface area contributed by atoms with E-state index < -0.39 is 17.7 Å². The Bertz CT molecular complexity index is 1300. The number of alkyl carbamates (subject to hydrolysis) is 1. The Labute approximate surface area is 241 Å². The quantitative estimate of drug-likeness (QED) is 0.247. The molecule has 9 heteroatoms. The van der Waals surface area contributed by atoms with Gasteiger partial charge in [-0.25, -0.2) is 14.6 Å². The molecule has 0 radical (unpaired) electrons. The van der Waals surface area contributed by atoms with Gasteiger partial charge in [0, 0.05) is 23.6 Å². The lowest BCUT2D eigenvalue weighted by Crippen LogP contribution is -2.40. The van der Waals surface area contributed by atoms with Crippen LogP contribution in [0, 0.1) is 6.92 Å². The van der Waals surface area contributed by atoms with Crippen molar-refractivity contribution in [2.75, 3.05) is 13.2 Å². The number of rotatable bonds is 12. The number of aromatic nitrogens is 1. The van der Waals surface area contributed by atoms with Gasteiger partial charge < -0.3 is 28.7 Å². The molecule has 2 aromatic carbocycles. The average molecular weight is 565 g/mol. The minimum Gasteiger partial charge on any atom is -0.493 e. The lowest BCUT2D eigenvalue weighted by atomic mass is 9.96. The van der Waals surface area contributed by atoms with Gasteiger partial charge in [0.15, 0.2) is 5.60 Å². The summed E-state index contributed by atoms with van der Waals surface area (Å²) in [6.07, 6.45) is 5.39. The van der Waals surface area contributed by atoms with Crippen molar-refractivity contribution in [3.8, 4) is 23.0 Å². The molecular formula is C32H40N2O7. The number of aryl methyl sites for hydroxylation is 1. The summed E-state index contributed by atoms with van der Waals surface area (Å²) in [4.78, 5) is 29.6. The van der Waals surface area contributed by atoms with E-state index in [4.69, 9.17) is 23.4 Å². The van der Waals surface area contributed by atoms with Crippen LogP contribution in [0.25, 0.3) is 11.5 Å². The number of carbonyl (C=O) groups is 2. The first-order valence-corrected chi connectivity index (χ1v) is 14.3.